The van der Waals surface area contributed by atoms with E-state index < -0.39 is 0 Å². The van der Waals surface area contributed by atoms with Gasteiger partial charge in [-0.15, -0.1) is 11.3 Å². The molecule has 26 heavy (non-hydrogen) atoms. The van der Waals surface area contributed by atoms with Crippen LogP contribution in [0.25, 0.3) is 10.1 Å². The van der Waals surface area contributed by atoms with Gasteiger partial charge in [-0.1, -0.05) is 18.2 Å². The number of ether oxygens (including phenoxy) is 2. The van der Waals surface area contributed by atoms with Crippen molar-refractivity contribution in [2.24, 2.45) is 0 Å². The van der Waals surface area contributed by atoms with Crippen LogP contribution in [0.5, 0.6) is 11.5 Å². The Morgan fingerprint density at radius 3 is 2.58 bits per heavy atom. The van der Waals surface area contributed by atoms with E-state index in [1.165, 1.54) is 21.2 Å². The first-order chi connectivity index (χ1) is 12.8. The second-order valence-corrected chi connectivity index (χ2v) is 7.39. The molecule has 1 aromatic heterocycles. The number of rotatable bonds is 5. The van der Waals surface area contributed by atoms with Crippen molar-refractivity contribution < 1.29 is 9.47 Å². The van der Waals surface area contributed by atoms with Crippen LogP contribution >= 0.6 is 11.3 Å². The summed E-state index contributed by atoms with van der Waals surface area (Å²) < 4.78 is 12.5. The zero-order valence-electron chi connectivity index (χ0n) is 15.2. The number of nitrogens with zero attached hydrogens (tertiary/aromatic N) is 1. The molecular formula is C21H24N2O2S. The second kappa shape index (κ2) is 7.66. The number of fused-ring (bicyclic) bond motifs is 1. The molecule has 0 spiro atoms. The maximum Gasteiger partial charge on any atom is 0.127 e. The summed E-state index contributed by atoms with van der Waals surface area (Å²) in [4.78, 5) is 2.55. The van der Waals surface area contributed by atoms with E-state index in [1.54, 1.807) is 14.2 Å². The van der Waals surface area contributed by atoms with Crippen LogP contribution in [0.2, 0.25) is 0 Å². The maximum atomic E-state index is 5.75. The molecule has 5 heteroatoms. The standard InChI is InChI=1S/C21H24N2O2S/c1-24-15-7-8-17(19(13-15)25-2)21(23-11-9-22-10-12-23)18-14-26-20-6-4-3-5-16(18)20/h3-8,13-14,21-22H,9-12H2,1-2H3. The van der Waals surface area contributed by atoms with E-state index in [9.17, 15) is 0 Å². The molecule has 1 atom stereocenters. The summed E-state index contributed by atoms with van der Waals surface area (Å²) in [5, 5.41) is 7.10. The van der Waals surface area contributed by atoms with Gasteiger partial charge in [0.05, 0.1) is 20.3 Å². The van der Waals surface area contributed by atoms with Crippen molar-refractivity contribution in [1.82, 2.24) is 10.2 Å². The van der Waals surface area contributed by atoms with E-state index in [1.807, 2.05) is 23.5 Å². The molecule has 4 rings (SSSR count). The Balaban J connectivity index is 1.86. The minimum absolute atomic E-state index is 0.175. The molecule has 2 heterocycles. The third kappa shape index (κ3) is 3.18. The van der Waals surface area contributed by atoms with Crippen molar-refractivity contribution in [3.05, 3.63) is 59.0 Å². The van der Waals surface area contributed by atoms with Gasteiger partial charge in [-0.25, -0.2) is 0 Å². The summed E-state index contributed by atoms with van der Waals surface area (Å²) in [6.07, 6.45) is 0. The molecule has 2 aromatic carbocycles. The first-order valence-corrected chi connectivity index (χ1v) is 9.82. The number of hydrogen-bond acceptors (Lipinski definition) is 5. The van der Waals surface area contributed by atoms with E-state index >= 15 is 0 Å². The summed E-state index contributed by atoms with van der Waals surface area (Å²) in [5.74, 6) is 1.70. The number of hydrogen-bond donors (Lipinski definition) is 1. The topological polar surface area (TPSA) is 33.7 Å². The van der Waals surface area contributed by atoms with Crippen molar-refractivity contribution in [2.75, 3.05) is 40.4 Å². The quantitative estimate of drug-likeness (QED) is 0.740. The summed E-state index contributed by atoms with van der Waals surface area (Å²) in [7, 11) is 3.42. The predicted molar refractivity (Wildman–Crippen MR) is 108 cm³/mol. The van der Waals surface area contributed by atoms with Crippen molar-refractivity contribution >= 4 is 21.4 Å². The van der Waals surface area contributed by atoms with Crippen molar-refractivity contribution in [3.8, 4) is 11.5 Å². The SMILES string of the molecule is COc1ccc(C(c2csc3ccccc23)N2CCNCC2)c(OC)c1. The van der Waals surface area contributed by atoms with Gasteiger partial charge in [0.1, 0.15) is 11.5 Å². The molecule has 4 nitrogen and oxygen atoms in total. The largest absolute Gasteiger partial charge is 0.497 e. The Morgan fingerprint density at radius 1 is 1.00 bits per heavy atom. The van der Waals surface area contributed by atoms with Crippen molar-refractivity contribution in [3.63, 3.8) is 0 Å². The highest BCUT2D eigenvalue weighted by molar-refractivity contribution is 7.17. The Bertz CT molecular complexity index is 887. The van der Waals surface area contributed by atoms with Gasteiger partial charge in [-0.05, 0) is 34.5 Å². The molecule has 136 valence electrons. The molecule has 0 aliphatic carbocycles. The number of nitrogens with one attached hydrogen (secondary N) is 1. The third-order valence-corrected chi connectivity index (χ3v) is 6.04. The molecule has 0 radical (unpaired) electrons. The third-order valence-electron chi connectivity index (χ3n) is 5.06. The fourth-order valence-electron chi connectivity index (χ4n) is 3.76. The van der Waals surface area contributed by atoms with Crippen molar-refractivity contribution in [1.29, 1.82) is 0 Å². The van der Waals surface area contributed by atoms with Crippen LogP contribution in [-0.4, -0.2) is 45.3 Å². The van der Waals surface area contributed by atoms with Gasteiger partial charge in [-0.2, -0.15) is 0 Å². The van der Waals surface area contributed by atoms with Crippen LogP contribution in [0.1, 0.15) is 17.2 Å². The van der Waals surface area contributed by atoms with E-state index in [2.05, 4.69) is 45.9 Å². The zero-order chi connectivity index (χ0) is 17.9. The molecule has 1 aliphatic heterocycles. The minimum Gasteiger partial charge on any atom is -0.497 e. The molecule has 1 unspecified atom stereocenters. The fraction of sp³-hybridized carbons (Fsp3) is 0.333. The van der Waals surface area contributed by atoms with E-state index in [0.29, 0.717) is 0 Å². The first kappa shape index (κ1) is 17.3. The number of thiophene rings is 1. The highest BCUT2D eigenvalue weighted by atomic mass is 32.1. The lowest BCUT2D eigenvalue weighted by molar-refractivity contribution is 0.196. The van der Waals surface area contributed by atoms with E-state index in [-0.39, 0.29) is 6.04 Å². The molecular weight excluding hydrogens is 344 g/mol. The van der Waals surface area contributed by atoms with E-state index in [4.69, 9.17) is 9.47 Å². The lowest BCUT2D eigenvalue weighted by Crippen LogP contribution is -2.45. The normalized spacial score (nSPS) is 16.5. The maximum absolute atomic E-state index is 5.75. The molecule has 1 N–H and O–H groups in total. The molecule has 0 saturated carbocycles. The van der Waals surface area contributed by atoms with Crippen LogP contribution in [0.15, 0.2) is 47.8 Å². The second-order valence-electron chi connectivity index (χ2n) is 6.48. The lowest BCUT2D eigenvalue weighted by Gasteiger charge is -2.36. The average Bonchev–Trinajstić information content (AvgIpc) is 3.13. The number of methoxy groups -OCH3 is 2. The molecule has 0 amide bonds. The minimum atomic E-state index is 0.175. The Hall–Kier alpha value is -2.08. The van der Waals surface area contributed by atoms with Crippen LogP contribution in [-0.2, 0) is 0 Å². The summed E-state index contributed by atoms with van der Waals surface area (Å²) in [6, 6.07) is 15.0. The van der Waals surface area contributed by atoms with Crippen LogP contribution in [0.4, 0.5) is 0 Å². The molecule has 1 fully saturated rings. The fourth-order valence-corrected chi connectivity index (χ4v) is 4.74. The highest BCUT2D eigenvalue weighted by Gasteiger charge is 2.28. The van der Waals surface area contributed by atoms with Crippen LogP contribution in [0, 0.1) is 0 Å². The number of benzene rings is 2. The average molecular weight is 369 g/mol. The van der Waals surface area contributed by atoms with Crippen LogP contribution in [0.3, 0.4) is 0 Å². The molecule has 3 aromatic rings. The molecule has 0 bridgehead atoms. The van der Waals surface area contributed by atoms with Gasteiger partial charge in [0, 0.05) is 42.5 Å². The summed E-state index contributed by atoms with van der Waals surface area (Å²) in [6.45, 7) is 4.06. The van der Waals surface area contributed by atoms with Crippen LogP contribution < -0.4 is 14.8 Å². The Labute approximate surface area is 158 Å². The molecule has 1 saturated heterocycles. The Kier molecular flexibility index (Phi) is 5.11. The zero-order valence-corrected chi connectivity index (χ0v) is 16.0. The monoisotopic (exact) mass is 368 g/mol. The van der Waals surface area contributed by atoms with Gasteiger partial charge in [0.15, 0.2) is 0 Å². The predicted octanol–water partition coefficient (Wildman–Crippen LogP) is 3.91. The van der Waals surface area contributed by atoms with Gasteiger partial charge in [0.2, 0.25) is 0 Å². The molecule has 1 aliphatic rings. The Morgan fingerprint density at radius 2 is 1.81 bits per heavy atom. The van der Waals surface area contributed by atoms with Gasteiger partial charge in [0.25, 0.3) is 0 Å². The van der Waals surface area contributed by atoms with Crippen molar-refractivity contribution in [2.45, 2.75) is 6.04 Å². The highest BCUT2D eigenvalue weighted by Crippen LogP contribution is 2.41. The summed E-state index contributed by atoms with van der Waals surface area (Å²) in [5.41, 5.74) is 2.55. The van der Waals surface area contributed by atoms with Gasteiger partial charge in [-0.3, -0.25) is 4.90 Å². The van der Waals surface area contributed by atoms with Gasteiger partial charge >= 0.3 is 0 Å². The van der Waals surface area contributed by atoms with E-state index in [0.717, 1.165) is 37.7 Å². The summed E-state index contributed by atoms with van der Waals surface area (Å²) >= 11 is 1.81. The van der Waals surface area contributed by atoms with Gasteiger partial charge < -0.3 is 14.8 Å². The first-order valence-electron chi connectivity index (χ1n) is 8.94. The smallest absolute Gasteiger partial charge is 0.127 e. The lowest BCUT2D eigenvalue weighted by atomic mass is 9.95. The number of piperazine rings is 1.